The normalized spacial score (nSPS) is 13.8. The molecule has 0 fully saturated rings. The maximum Gasteiger partial charge on any atom is 0.306 e. The summed E-state index contributed by atoms with van der Waals surface area (Å²) in [6.45, 7) is 6.12. The van der Waals surface area contributed by atoms with Gasteiger partial charge in [0, 0.05) is 17.8 Å². The Morgan fingerprint density at radius 1 is 1.50 bits per heavy atom. The van der Waals surface area contributed by atoms with Crippen molar-refractivity contribution < 1.29 is 9.90 Å². The van der Waals surface area contributed by atoms with Crippen molar-refractivity contribution in [1.29, 1.82) is 0 Å². The topological polar surface area (TPSA) is 75.3 Å². The fourth-order valence-electron chi connectivity index (χ4n) is 1.62. The van der Waals surface area contributed by atoms with E-state index in [1.165, 1.54) is 0 Å². The van der Waals surface area contributed by atoms with Crippen LogP contribution in [0.2, 0.25) is 0 Å². The predicted molar refractivity (Wildman–Crippen MR) is 70.0 cm³/mol. The molecule has 0 radical (unpaired) electrons. The van der Waals surface area contributed by atoms with Crippen LogP contribution in [0, 0.1) is 5.92 Å². The highest BCUT2D eigenvalue weighted by Crippen LogP contribution is 2.25. The molecule has 0 aliphatic rings. The summed E-state index contributed by atoms with van der Waals surface area (Å²) in [6, 6.07) is 0. The molecule has 96 valence electrons. The number of carbonyl (C=O) groups is 1. The Morgan fingerprint density at radius 2 is 2.12 bits per heavy atom. The summed E-state index contributed by atoms with van der Waals surface area (Å²) >= 11 is 4.37. The average Bonchev–Trinajstić information content (AvgIpc) is 2.13. The second-order valence-electron chi connectivity index (χ2n) is 4.73. The molecule has 1 atom stereocenters. The lowest BCUT2D eigenvalue weighted by Crippen LogP contribution is -2.26. The number of nitrogens with two attached hydrogens (primary N) is 1. The van der Waals surface area contributed by atoms with Crippen LogP contribution in [0.15, 0.2) is 0 Å². The monoisotopic (exact) mass is 248 g/mol. The van der Waals surface area contributed by atoms with Crippen LogP contribution in [0.1, 0.15) is 33.1 Å². The molecule has 0 aliphatic carbocycles. The molecule has 0 rings (SSSR count). The number of carboxylic acid groups (broad SMARTS) is 1. The van der Waals surface area contributed by atoms with Crippen LogP contribution in [0.4, 0.5) is 0 Å². The molecule has 0 bridgehead atoms. The molecule has 0 spiro atoms. The number of aliphatic carboxylic acids is 1. The van der Waals surface area contributed by atoms with Crippen molar-refractivity contribution in [3.8, 4) is 0 Å². The molecule has 0 aliphatic heterocycles. The van der Waals surface area contributed by atoms with E-state index >= 15 is 0 Å². The third kappa shape index (κ3) is 9.00. The summed E-state index contributed by atoms with van der Waals surface area (Å²) < 4.78 is -0.228. The van der Waals surface area contributed by atoms with Gasteiger partial charge in [-0.1, -0.05) is 13.8 Å². The minimum absolute atomic E-state index is 0.228. The van der Waals surface area contributed by atoms with E-state index in [1.54, 1.807) is 0 Å². The summed E-state index contributed by atoms with van der Waals surface area (Å²) in [5.41, 5.74) is 5.34. The van der Waals surface area contributed by atoms with Crippen LogP contribution >= 0.6 is 12.6 Å². The zero-order valence-electron chi connectivity index (χ0n) is 10.2. The van der Waals surface area contributed by atoms with Crippen molar-refractivity contribution in [2.45, 2.75) is 37.9 Å². The van der Waals surface area contributed by atoms with E-state index in [4.69, 9.17) is 10.8 Å². The Balaban J connectivity index is 3.83. The second kappa shape index (κ2) is 7.92. The van der Waals surface area contributed by atoms with Gasteiger partial charge in [0.05, 0.1) is 5.92 Å². The van der Waals surface area contributed by atoms with E-state index in [0.717, 1.165) is 19.5 Å². The second-order valence-corrected chi connectivity index (χ2v) is 5.94. The van der Waals surface area contributed by atoms with Crippen LogP contribution in [0.3, 0.4) is 0 Å². The van der Waals surface area contributed by atoms with Crippen LogP contribution in [0.25, 0.3) is 0 Å². The molecule has 4 N–H and O–H groups in total. The molecular weight excluding hydrogens is 224 g/mol. The molecule has 0 aromatic heterocycles. The maximum absolute atomic E-state index is 11.0. The Labute approximate surface area is 103 Å². The van der Waals surface area contributed by atoms with Crippen molar-refractivity contribution in [3.05, 3.63) is 0 Å². The number of carboxylic acids is 1. The van der Waals surface area contributed by atoms with Gasteiger partial charge in [-0.05, 0) is 25.8 Å². The quantitative estimate of drug-likeness (QED) is 0.364. The molecule has 5 heteroatoms. The summed E-state index contributed by atoms with van der Waals surface area (Å²) in [6.07, 6.45) is 2.15. The van der Waals surface area contributed by atoms with Gasteiger partial charge in [-0.15, -0.1) is 0 Å². The van der Waals surface area contributed by atoms with E-state index in [-0.39, 0.29) is 10.7 Å². The highest BCUT2D eigenvalue weighted by Gasteiger charge is 2.24. The lowest BCUT2D eigenvalue weighted by atomic mass is 9.92. The molecule has 0 aromatic carbocycles. The number of thiol groups is 1. The highest BCUT2D eigenvalue weighted by atomic mass is 32.1. The fourth-order valence-corrected chi connectivity index (χ4v) is 1.84. The standard InChI is InChI=1S/C11H24N2O2S/c1-11(2,16)8-9(10(14)15)4-3-6-13-7-5-12/h9,13,16H,3-8,12H2,1-2H3,(H,14,15). The first kappa shape index (κ1) is 15.7. The Bertz CT molecular complexity index is 205. The zero-order valence-corrected chi connectivity index (χ0v) is 11.1. The smallest absolute Gasteiger partial charge is 0.306 e. The van der Waals surface area contributed by atoms with Crippen LogP contribution < -0.4 is 11.1 Å². The van der Waals surface area contributed by atoms with Gasteiger partial charge >= 0.3 is 5.97 Å². The van der Waals surface area contributed by atoms with E-state index in [2.05, 4.69) is 17.9 Å². The molecule has 0 amide bonds. The van der Waals surface area contributed by atoms with Crippen LogP contribution in [-0.4, -0.2) is 35.5 Å². The summed E-state index contributed by atoms with van der Waals surface area (Å²) in [7, 11) is 0. The van der Waals surface area contributed by atoms with Crippen molar-refractivity contribution in [3.63, 3.8) is 0 Å². The van der Waals surface area contributed by atoms with Gasteiger partial charge in [-0.3, -0.25) is 4.79 Å². The van der Waals surface area contributed by atoms with Gasteiger partial charge in [-0.2, -0.15) is 12.6 Å². The van der Waals surface area contributed by atoms with Crippen molar-refractivity contribution in [1.82, 2.24) is 5.32 Å². The minimum Gasteiger partial charge on any atom is -0.481 e. The van der Waals surface area contributed by atoms with E-state index < -0.39 is 5.97 Å². The first-order valence-corrected chi connectivity index (χ1v) is 6.17. The van der Waals surface area contributed by atoms with E-state index in [9.17, 15) is 4.79 Å². The van der Waals surface area contributed by atoms with Gasteiger partial charge in [0.2, 0.25) is 0 Å². The van der Waals surface area contributed by atoms with Gasteiger partial charge in [0.1, 0.15) is 0 Å². The van der Waals surface area contributed by atoms with Crippen LogP contribution in [0.5, 0.6) is 0 Å². The first-order chi connectivity index (χ1) is 7.37. The zero-order chi connectivity index (χ0) is 12.6. The number of hydrogen-bond acceptors (Lipinski definition) is 4. The predicted octanol–water partition coefficient (Wildman–Crippen LogP) is 1.11. The lowest BCUT2D eigenvalue weighted by Gasteiger charge is -2.22. The van der Waals surface area contributed by atoms with Gasteiger partial charge in [0.25, 0.3) is 0 Å². The summed E-state index contributed by atoms with van der Waals surface area (Å²) in [4.78, 5) is 11.0. The third-order valence-corrected chi connectivity index (χ3v) is 2.51. The summed E-state index contributed by atoms with van der Waals surface area (Å²) in [5.74, 6) is -1.02. The molecule has 0 saturated heterocycles. The molecule has 16 heavy (non-hydrogen) atoms. The number of hydrogen-bond donors (Lipinski definition) is 4. The summed E-state index contributed by atoms with van der Waals surface area (Å²) in [5, 5.41) is 12.2. The highest BCUT2D eigenvalue weighted by molar-refractivity contribution is 7.81. The van der Waals surface area contributed by atoms with Crippen LogP contribution in [-0.2, 0) is 4.79 Å². The average molecular weight is 248 g/mol. The molecule has 0 heterocycles. The molecule has 0 saturated carbocycles. The maximum atomic E-state index is 11.0. The SMILES string of the molecule is CC(C)(S)CC(CCCNCCN)C(=O)O. The van der Waals surface area contributed by atoms with Crippen molar-refractivity contribution in [2.75, 3.05) is 19.6 Å². The van der Waals surface area contributed by atoms with Crippen molar-refractivity contribution in [2.24, 2.45) is 11.7 Å². The van der Waals surface area contributed by atoms with Gasteiger partial charge in [0.15, 0.2) is 0 Å². The van der Waals surface area contributed by atoms with Gasteiger partial charge in [-0.25, -0.2) is 0 Å². The van der Waals surface area contributed by atoms with E-state index in [0.29, 0.717) is 19.4 Å². The first-order valence-electron chi connectivity index (χ1n) is 5.73. The molecular formula is C11H24N2O2S. The largest absolute Gasteiger partial charge is 0.481 e. The third-order valence-electron chi connectivity index (χ3n) is 2.32. The number of rotatable bonds is 9. The number of nitrogens with one attached hydrogen (secondary N) is 1. The Morgan fingerprint density at radius 3 is 2.56 bits per heavy atom. The minimum atomic E-state index is -0.721. The van der Waals surface area contributed by atoms with Crippen molar-refractivity contribution >= 4 is 18.6 Å². The van der Waals surface area contributed by atoms with Gasteiger partial charge < -0.3 is 16.2 Å². The molecule has 1 unspecified atom stereocenters. The Kier molecular flexibility index (Phi) is 7.80. The fraction of sp³-hybridized carbons (Fsp3) is 0.909. The Hall–Kier alpha value is -0.260. The molecule has 0 aromatic rings. The molecule has 4 nitrogen and oxygen atoms in total. The van der Waals surface area contributed by atoms with E-state index in [1.807, 2.05) is 13.8 Å². The lowest BCUT2D eigenvalue weighted by molar-refractivity contribution is -0.142.